The van der Waals surface area contributed by atoms with Gasteiger partial charge in [0.1, 0.15) is 0 Å². The van der Waals surface area contributed by atoms with Gasteiger partial charge in [-0.3, -0.25) is 4.90 Å². The van der Waals surface area contributed by atoms with Crippen molar-refractivity contribution in [3.05, 3.63) is 35.9 Å². The second kappa shape index (κ2) is 6.08. The van der Waals surface area contributed by atoms with Gasteiger partial charge in [-0.1, -0.05) is 51.1 Å². The standard InChI is InChI=1S/C16H25N.ClH/c1-13(14-8-6-5-7-9-14)17-11-10-15(12-17)16(2,3)4;/h5-9,13,15H,10-12H2,1-4H3;1H/t13-,15-;/m1./s1. The molecule has 0 aromatic heterocycles. The normalized spacial score (nSPS) is 22.6. The number of hydrogen-bond donors (Lipinski definition) is 0. The first-order valence-corrected chi connectivity index (χ1v) is 6.77. The van der Waals surface area contributed by atoms with Gasteiger partial charge < -0.3 is 0 Å². The number of rotatable bonds is 2. The van der Waals surface area contributed by atoms with Crippen LogP contribution in [0.25, 0.3) is 0 Å². The lowest BCUT2D eigenvalue weighted by molar-refractivity contribution is 0.203. The number of nitrogens with zero attached hydrogens (tertiary/aromatic N) is 1. The smallest absolute Gasteiger partial charge is 0.0319 e. The molecule has 1 aromatic rings. The highest BCUT2D eigenvalue weighted by molar-refractivity contribution is 5.85. The van der Waals surface area contributed by atoms with Crippen LogP contribution in [0.4, 0.5) is 0 Å². The molecule has 1 nitrogen and oxygen atoms in total. The summed E-state index contributed by atoms with van der Waals surface area (Å²) in [6, 6.07) is 11.4. The highest BCUT2D eigenvalue weighted by Gasteiger charge is 2.33. The van der Waals surface area contributed by atoms with E-state index < -0.39 is 0 Å². The van der Waals surface area contributed by atoms with Crippen molar-refractivity contribution in [2.45, 2.75) is 40.2 Å². The lowest BCUT2D eigenvalue weighted by Gasteiger charge is -2.29. The molecular formula is C16H26ClN. The molecule has 1 aliphatic rings. The van der Waals surface area contributed by atoms with Crippen molar-refractivity contribution in [3.8, 4) is 0 Å². The zero-order valence-electron chi connectivity index (χ0n) is 12.0. The van der Waals surface area contributed by atoms with Crippen LogP contribution in [0.5, 0.6) is 0 Å². The monoisotopic (exact) mass is 267 g/mol. The SMILES string of the molecule is C[C@H](c1ccccc1)N1CC[C@@H](C(C)(C)C)C1.Cl. The van der Waals surface area contributed by atoms with Crippen molar-refractivity contribution in [2.75, 3.05) is 13.1 Å². The third kappa shape index (κ3) is 3.49. The summed E-state index contributed by atoms with van der Waals surface area (Å²) in [5, 5.41) is 0. The number of halogens is 1. The van der Waals surface area contributed by atoms with Crippen LogP contribution in [0.15, 0.2) is 30.3 Å². The average molecular weight is 268 g/mol. The molecule has 1 aliphatic heterocycles. The second-order valence-electron chi connectivity index (χ2n) is 6.43. The Morgan fingerprint density at radius 3 is 2.28 bits per heavy atom. The summed E-state index contributed by atoms with van der Waals surface area (Å²) >= 11 is 0. The molecule has 102 valence electrons. The predicted molar refractivity (Wildman–Crippen MR) is 81.2 cm³/mol. The zero-order chi connectivity index (χ0) is 12.5. The molecule has 1 heterocycles. The van der Waals surface area contributed by atoms with Gasteiger partial charge in [0.05, 0.1) is 0 Å². The second-order valence-corrected chi connectivity index (χ2v) is 6.43. The van der Waals surface area contributed by atoms with Gasteiger partial charge in [-0.25, -0.2) is 0 Å². The molecule has 2 atom stereocenters. The largest absolute Gasteiger partial charge is 0.296 e. The molecule has 0 unspecified atom stereocenters. The Bertz CT molecular complexity index is 355. The van der Waals surface area contributed by atoms with Gasteiger partial charge in [0.2, 0.25) is 0 Å². The molecule has 0 radical (unpaired) electrons. The topological polar surface area (TPSA) is 3.24 Å². The van der Waals surface area contributed by atoms with E-state index in [0.717, 1.165) is 5.92 Å². The van der Waals surface area contributed by atoms with Crippen molar-refractivity contribution in [3.63, 3.8) is 0 Å². The van der Waals surface area contributed by atoms with Crippen molar-refractivity contribution < 1.29 is 0 Å². The Morgan fingerprint density at radius 2 is 1.78 bits per heavy atom. The molecule has 0 bridgehead atoms. The summed E-state index contributed by atoms with van der Waals surface area (Å²) in [4.78, 5) is 2.63. The maximum Gasteiger partial charge on any atom is 0.0319 e. The van der Waals surface area contributed by atoms with Crippen molar-refractivity contribution in [1.82, 2.24) is 4.90 Å². The lowest BCUT2D eigenvalue weighted by Crippen LogP contribution is -2.28. The number of hydrogen-bond acceptors (Lipinski definition) is 1. The van der Waals surface area contributed by atoms with Gasteiger partial charge in [-0.15, -0.1) is 12.4 Å². The fraction of sp³-hybridized carbons (Fsp3) is 0.625. The van der Waals surface area contributed by atoms with Crippen LogP contribution in [0.3, 0.4) is 0 Å². The molecule has 0 spiro atoms. The molecule has 0 amide bonds. The Morgan fingerprint density at radius 1 is 1.17 bits per heavy atom. The van der Waals surface area contributed by atoms with E-state index in [9.17, 15) is 0 Å². The molecular weight excluding hydrogens is 242 g/mol. The Labute approximate surface area is 118 Å². The summed E-state index contributed by atoms with van der Waals surface area (Å²) in [6.45, 7) is 11.9. The summed E-state index contributed by atoms with van der Waals surface area (Å²) in [6.07, 6.45) is 1.35. The van der Waals surface area contributed by atoms with Gasteiger partial charge in [0.25, 0.3) is 0 Å². The fourth-order valence-corrected chi connectivity index (χ4v) is 2.79. The molecule has 0 N–H and O–H groups in total. The highest BCUT2D eigenvalue weighted by Crippen LogP contribution is 2.36. The molecule has 2 heteroatoms. The average Bonchev–Trinajstić information content (AvgIpc) is 2.78. The molecule has 0 saturated carbocycles. The van der Waals surface area contributed by atoms with Crippen molar-refractivity contribution in [2.24, 2.45) is 11.3 Å². The van der Waals surface area contributed by atoms with Gasteiger partial charge in [-0.2, -0.15) is 0 Å². The van der Waals surface area contributed by atoms with E-state index in [0.29, 0.717) is 11.5 Å². The van der Waals surface area contributed by atoms with Crippen LogP contribution >= 0.6 is 12.4 Å². The van der Waals surface area contributed by atoms with E-state index in [4.69, 9.17) is 0 Å². The predicted octanol–water partition coefficient (Wildman–Crippen LogP) is 4.54. The summed E-state index contributed by atoms with van der Waals surface area (Å²) in [7, 11) is 0. The Balaban J connectivity index is 0.00000162. The van der Waals surface area contributed by atoms with E-state index in [1.807, 2.05) is 0 Å². The first-order valence-electron chi connectivity index (χ1n) is 6.77. The first kappa shape index (κ1) is 15.5. The fourth-order valence-electron chi connectivity index (χ4n) is 2.79. The minimum Gasteiger partial charge on any atom is -0.296 e. The van der Waals surface area contributed by atoms with Gasteiger partial charge in [0, 0.05) is 12.6 Å². The van der Waals surface area contributed by atoms with E-state index in [1.165, 1.54) is 25.1 Å². The Hall–Kier alpha value is -0.530. The molecule has 1 aromatic carbocycles. The maximum atomic E-state index is 2.63. The third-order valence-electron chi connectivity index (χ3n) is 4.27. The van der Waals surface area contributed by atoms with Crippen LogP contribution in [0.2, 0.25) is 0 Å². The minimum absolute atomic E-state index is 0. The summed E-state index contributed by atoms with van der Waals surface area (Å²) < 4.78 is 0. The summed E-state index contributed by atoms with van der Waals surface area (Å²) in [5.74, 6) is 0.841. The Kier molecular flexibility index (Phi) is 5.24. The maximum absolute atomic E-state index is 2.63. The van der Waals surface area contributed by atoms with Crippen LogP contribution in [0.1, 0.15) is 45.7 Å². The molecule has 1 fully saturated rings. The molecule has 2 rings (SSSR count). The molecule has 18 heavy (non-hydrogen) atoms. The third-order valence-corrected chi connectivity index (χ3v) is 4.27. The van der Waals surface area contributed by atoms with Gasteiger partial charge in [-0.05, 0) is 36.8 Å². The molecule has 0 aliphatic carbocycles. The zero-order valence-corrected chi connectivity index (χ0v) is 12.8. The van der Waals surface area contributed by atoms with E-state index in [1.54, 1.807) is 0 Å². The quantitative estimate of drug-likeness (QED) is 0.761. The van der Waals surface area contributed by atoms with Crippen molar-refractivity contribution in [1.29, 1.82) is 0 Å². The van der Waals surface area contributed by atoms with Gasteiger partial charge in [0.15, 0.2) is 0 Å². The van der Waals surface area contributed by atoms with Crippen LogP contribution in [-0.4, -0.2) is 18.0 Å². The van der Waals surface area contributed by atoms with Gasteiger partial charge >= 0.3 is 0 Å². The number of benzene rings is 1. The lowest BCUT2D eigenvalue weighted by atomic mass is 9.80. The van der Waals surface area contributed by atoms with Crippen molar-refractivity contribution >= 4 is 12.4 Å². The first-order chi connectivity index (χ1) is 7.98. The highest BCUT2D eigenvalue weighted by atomic mass is 35.5. The van der Waals surface area contributed by atoms with Crippen LogP contribution in [-0.2, 0) is 0 Å². The van der Waals surface area contributed by atoms with Crippen LogP contribution in [0, 0.1) is 11.3 Å². The van der Waals surface area contributed by atoms with E-state index in [-0.39, 0.29) is 12.4 Å². The van der Waals surface area contributed by atoms with Crippen LogP contribution < -0.4 is 0 Å². The molecule has 1 saturated heterocycles. The van der Waals surface area contributed by atoms with E-state index >= 15 is 0 Å². The minimum atomic E-state index is 0. The van der Waals surface area contributed by atoms with E-state index in [2.05, 4.69) is 62.9 Å². The summed E-state index contributed by atoms with van der Waals surface area (Å²) in [5.41, 5.74) is 1.90. The number of likely N-dealkylation sites (tertiary alicyclic amines) is 1.